The van der Waals surface area contributed by atoms with Gasteiger partial charge in [-0.2, -0.15) is 0 Å². The van der Waals surface area contributed by atoms with Gasteiger partial charge in [0.05, 0.1) is 0 Å². The highest BCUT2D eigenvalue weighted by atomic mass is 16.3. The SMILES string of the molecule is CC(CN1CCN(c2ccccn2)CC1)Nc1cc(N2CCCC(CO)C2)ncn1. The maximum atomic E-state index is 9.48. The lowest BCUT2D eigenvalue weighted by atomic mass is 9.99. The summed E-state index contributed by atoms with van der Waals surface area (Å²) in [4.78, 5) is 20.5. The van der Waals surface area contributed by atoms with E-state index in [9.17, 15) is 5.11 Å². The van der Waals surface area contributed by atoms with Crippen LogP contribution in [0.25, 0.3) is 0 Å². The van der Waals surface area contributed by atoms with Gasteiger partial charge in [0.25, 0.3) is 0 Å². The van der Waals surface area contributed by atoms with E-state index in [2.05, 4.69) is 48.0 Å². The minimum Gasteiger partial charge on any atom is -0.396 e. The minimum atomic E-state index is 0.247. The molecule has 0 aliphatic carbocycles. The van der Waals surface area contributed by atoms with E-state index in [4.69, 9.17) is 0 Å². The van der Waals surface area contributed by atoms with Gasteiger partial charge in [-0.25, -0.2) is 15.0 Å². The summed E-state index contributed by atoms with van der Waals surface area (Å²) in [6, 6.07) is 8.42. The van der Waals surface area contributed by atoms with Gasteiger partial charge in [-0.1, -0.05) is 6.07 Å². The quantitative estimate of drug-likeness (QED) is 0.713. The van der Waals surface area contributed by atoms with Crippen molar-refractivity contribution in [3.05, 3.63) is 36.8 Å². The Bertz CT molecular complexity index is 782. The predicted octanol–water partition coefficient (Wildman–Crippen LogP) is 1.70. The lowest BCUT2D eigenvalue weighted by molar-refractivity contribution is 0.208. The van der Waals surface area contributed by atoms with Crippen molar-refractivity contribution in [1.82, 2.24) is 19.9 Å². The number of nitrogens with one attached hydrogen (secondary N) is 1. The standard InChI is InChI=1S/C22H33N7O/c1-18(14-27-9-11-28(12-10-27)21-6-2-3-7-23-21)26-20-13-22(25-17-24-20)29-8-4-5-19(15-29)16-30/h2-3,6-7,13,17-19,30H,4-5,8-12,14-16H2,1H3,(H,24,25,26). The van der Waals surface area contributed by atoms with Crippen molar-refractivity contribution in [2.24, 2.45) is 5.92 Å². The largest absolute Gasteiger partial charge is 0.396 e. The van der Waals surface area contributed by atoms with Crippen LogP contribution in [-0.2, 0) is 0 Å². The van der Waals surface area contributed by atoms with Gasteiger partial charge in [0.15, 0.2) is 0 Å². The van der Waals surface area contributed by atoms with E-state index in [0.29, 0.717) is 12.0 Å². The molecule has 2 aliphatic heterocycles. The van der Waals surface area contributed by atoms with Gasteiger partial charge >= 0.3 is 0 Å². The molecule has 2 unspecified atom stereocenters. The van der Waals surface area contributed by atoms with Crippen molar-refractivity contribution in [3.8, 4) is 0 Å². The molecule has 2 atom stereocenters. The zero-order valence-corrected chi connectivity index (χ0v) is 17.8. The lowest BCUT2D eigenvalue weighted by Gasteiger charge is -2.36. The van der Waals surface area contributed by atoms with Crippen molar-refractivity contribution >= 4 is 17.5 Å². The van der Waals surface area contributed by atoms with Gasteiger partial charge < -0.3 is 20.2 Å². The Balaban J connectivity index is 1.27. The molecule has 2 fully saturated rings. The number of pyridine rings is 1. The van der Waals surface area contributed by atoms with E-state index in [1.165, 1.54) is 0 Å². The average Bonchev–Trinajstić information content (AvgIpc) is 2.80. The van der Waals surface area contributed by atoms with Crippen LogP contribution in [0.4, 0.5) is 17.5 Å². The molecule has 0 bridgehead atoms. The molecule has 2 aliphatic rings. The number of piperidine rings is 1. The van der Waals surface area contributed by atoms with Crippen molar-refractivity contribution in [1.29, 1.82) is 0 Å². The summed E-state index contributed by atoms with van der Waals surface area (Å²) in [5, 5.41) is 13.0. The second-order valence-corrected chi connectivity index (χ2v) is 8.42. The summed E-state index contributed by atoms with van der Waals surface area (Å²) in [6.45, 7) is 9.36. The second kappa shape index (κ2) is 10.0. The average molecular weight is 412 g/mol. The van der Waals surface area contributed by atoms with E-state index in [1.807, 2.05) is 24.4 Å². The first-order valence-corrected chi connectivity index (χ1v) is 11.0. The zero-order chi connectivity index (χ0) is 20.8. The number of hydrogen-bond donors (Lipinski definition) is 2. The molecule has 162 valence electrons. The minimum absolute atomic E-state index is 0.247. The third-order valence-electron chi connectivity index (χ3n) is 6.03. The van der Waals surface area contributed by atoms with Gasteiger partial charge in [0, 0.05) is 70.7 Å². The maximum Gasteiger partial charge on any atom is 0.134 e. The van der Waals surface area contributed by atoms with Gasteiger partial charge in [0.1, 0.15) is 23.8 Å². The number of hydrogen-bond acceptors (Lipinski definition) is 8. The van der Waals surface area contributed by atoms with Crippen LogP contribution in [0.3, 0.4) is 0 Å². The first kappa shape index (κ1) is 20.8. The van der Waals surface area contributed by atoms with Crippen LogP contribution >= 0.6 is 0 Å². The second-order valence-electron chi connectivity index (χ2n) is 8.42. The number of aliphatic hydroxyl groups is 1. The Kier molecular flexibility index (Phi) is 6.96. The van der Waals surface area contributed by atoms with E-state index in [0.717, 1.165) is 76.1 Å². The van der Waals surface area contributed by atoms with Crippen LogP contribution in [0.2, 0.25) is 0 Å². The van der Waals surface area contributed by atoms with Crippen molar-refractivity contribution in [2.45, 2.75) is 25.8 Å². The molecular formula is C22H33N7O. The molecule has 0 amide bonds. The highest BCUT2D eigenvalue weighted by Crippen LogP contribution is 2.22. The fraction of sp³-hybridized carbons (Fsp3) is 0.591. The molecule has 4 rings (SSSR count). The van der Waals surface area contributed by atoms with Crippen molar-refractivity contribution in [2.75, 3.05) is 67.5 Å². The highest BCUT2D eigenvalue weighted by molar-refractivity contribution is 5.49. The first-order chi connectivity index (χ1) is 14.7. The fourth-order valence-electron chi connectivity index (χ4n) is 4.41. The topological polar surface area (TPSA) is 80.7 Å². The van der Waals surface area contributed by atoms with E-state index < -0.39 is 0 Å². The van der Waals surface area contributed by atoms with Crippen LogP contribution in [0.1, 0.15) is 19.8 Å². The summed E-state index contributed by atoms with van der Waals surface area (Å²) >= 11 is 0. The van der Waals surface area contributed by atoms with Gasteiger partial charge in [0.2, 0.25) is 0 Å². The molecule has 0 radical (unpaired) electrons. The number of anilines is 3. The predicted molar refractivity (Wildman–Crippen MR) is 120 cm³/mol. The zero-order valence-electron chi connectivity index (χ0n) is 17.8. The Hall–Kier alpha value is -2.45. The number of aromatic nitrogens is 3. The summed E-state index contributed by atoms with van der Waals surface area (Å²) in [5.74, 6) is 3.22. The summed E-state index contributed by atoms with van der Waals surface area (Å²) in [7, 11) is 0. The molecule has 0 spiro atoms. The van der Waals surface area contributed by atoms with E-state index in [-0.39, 0.29) is 6.61 Å². The molecule has 30 heavy (non-hydrogen) atoms. The van der Waals surface area contributed by atoms with E-state index >= 15 is 0 Å². The highest BCUT2D eigenvalue weighted by Gasteiger charge is 2.22. The van der Waals surface area contributed by atoms with Crippen molar-refractivity contribution < 1.29 is 5.11 Å². The van der Waals surface area contributed by atoms with Gasteiger partial charge in [-0.05, 0) is 37.8 Å². The third kappa shape index (κ3) is 5.37. The van der Waals surface area contributed by atoms with Crippen molar-refractivity contribution in [3.63, 3.8) is 0 Å². The molecule has 4 heterocycles. The first-order valence-electron chi connectivity index (χ1n) is 11.0. The summed E-state index contributed by atoms with van der Waals surface area (Å²) < 4.78 is 0. The molecule has 2 N–H and O–H groups in total. The molecule has 2 aromatic heterocycles. The molecule has 0 aromatic carbocycles. The molecule has 2 saturated heterocycles. The van der Waals surface area contributed by atoms with Gasteiger partial charge in [-0.3, -0.25) is 4.90 Å². The Morgan fingerprint density at radius 2 is 1.93 bits per heavy atom. The monoisotopic (exact) mass is 411 g/mol. The Labute approximate surface area is 179 Å². The summed E-state index contributed by atoms with van der Waals surface area (Å²) in [6.07, 6.45) is 5.68. The number of nitrogens with zero attached hydrogens (tertiary/aromatic N) is 6. The molecule has 0 saturated carbocycles. The fourth-order valence-corrected chi connectivity index (χ4v) is 4.41. The molecule has 2 aromatic rings. The Morgan fingerprint density at radius 1 is 1.07 bits per heavy atom. The molecule has 8 heteroatoms. The van der Waals surface area contributed by atoms with Crippen LogP contribution in [-0.4, -0.2) is 83.4 Å². The number of piperazine rings is 1. The lowest BCUT2D eigenvalue weighted by Crippen LogP contribution is -2.49. The molecule has 8 nitrogen and oxygen atoms in total. The van der Waals surface area contributed by atoms with Crippen LogP contribution in [0.5, 0.6) is 0 Å². The van der Waals surface area contributed by atoms with Crippen LogP contribution < -0.4 is 15.1 Å². The number of aliphatic hydroxyl groups excluding tert-OH is 1. The van der Waals surface area contributed by atoms with E-state index in [1.54, 1.807) is 6.33 Å². The normalized spacial score (nSPS) is 21.5. The van der Waals surface area contributed by atoms with Gasteiger partial charge in [-0.15, -0.1) is 0 Å². The maximum absolute atomic E-state index is 9.48. The van der Waals surface area contributed by atoms with Crippen LogP contribution in [0.15, 0.2) is 36.8 Å². The summed E-state index contributed by atoms with van der Waals surface area (Å²) in [5.41, 5.74) is 0. The number of rotatable bonds is 7. The molecular weight excluding hydrogens is 378 g/mol. The smallest absolute Gasteiger partial charge is 0.134 e. The third-order valence-corrected chi connectivity index (χ3v) is 6.03. The Morgan fingerprint density at radius 3 is 2.70 bits per heavy atom. The van der Waals surface area contributed by atoms with Crippen LogP contribution in [0, 0.1) is 5.92 Å².